The normalized spacial score (nSPS) is 10.7. The highest BCUT2D eigenvalue weighted by Gasteiger charge is 2.08. The van der Waals surface area contributed by atoms with Gasteiger partial charge in [-0.3, -0.25) is 4.79 Å². The predicted molar refractivity (Wildman–Crippen MR) is 77.0 cm³/mol. The molecule has 2 rings (SSSR count). The van der Waals surface area contributed by atoms with E-state index in [-0.39, 0.29) is 5.56 Å². The number of carboxylic acid groups (broad SMARTS) is 1. The molecule has 0 saturated carbocycles. The summed E-state index contributed by atoms with van der Waals surface area (Å²) in [5.74, 6) is -1.47. The standard InChI is InChI=1S/C13H10BrN3O3/c14-9-5-11(15-7-9)12(18)17-16-6-8-3-1-2-4-10(8)13(19)20/h1-7,15H,(H,17,18)(H,19,20)/b16-6+. The number of nitrogens with zero attached hydrogens (tertiary/aromatic N) is 1. The molecular formula is C13H10BrN3O3. The molecule has 0 saturated heterocycles. The number of aromatic nitrogens is 1. The molecule has 0 aliphatic rings. The third-order valence-corrected chi connectivity index (χ3v) is 2.91. The number of nitrogens with one attached hydrogen (secondary N) is 2. The van der Waals surface area contributed by atoms with Crippen LogP contribution in [0.3, 0.4) is 0 Å². The third kappa shape index (κ3) is 3.33. The van der Waals surface area contributed by atoms with E-state index in [1.807, 2.05) is 0 Å². The molecule has 2 aromatic rings. The number of carbonyl (C=O) groups excluding carboxylic acids is 1. The molecule has 1 amide bonds. The average Bonchev–Trinajstić information content (AvgIpc) is 2.86. The number of carboxylic acids is 1. The quantitative estimate of drug-likeness (QED) is 0.590. The van der Waals surface area contributed by atoms with Crippen LogP contribution in [0.5, 0.6) is 0 Å². The second kappa shape index (κ2) is 6.16. The summed E-state index contributed by atoms with van der Waals surface area (Å²) in [4.78, 5) is 25.4. The van der Waals surface area contributed by atoms with E-state index in [0.717, 1.165) is 4.47 Å². The number of hydrogen-bond acceptors (Lipinski definition) is 3. The van der Waals surface area contributed by atoms with Gasteiger partial charge in [-0.05, 0) is 28.1 Å². The van der Waals surface area contributed by atoms with Crippen LogP contribution in [0, 0.1) is 0 Å². The minimum absolute atomic E-state index is 0.119. The van der Waals surface area contributed by atoms with Gasteiger partial charge in [0.05, 0.1) is 11.8 Å². The molecule has 0 unspecified atom stereocenters. The summed E-state index contributed by atoms with van der Waals surface area (Å²) >= 11 is 3.22. The van der Waals surface area contributed by atoms with Crippen molar-refractivity contribution in [3.05, 3.63) is 57.8 Å². The van der Waals surface area contributed by atoms with E-state index in [2.05, 4.69) is 31.4 Å². The number of aromatic amines is 1. The lowest BCUT2D eigenvalue weighted by Crippen LogP contribution is -2.18. The van der Waals surface area contributed by atoms with Crippen LogP contribution in [0.1, 0.15) is 26.4 Å². The van der Waals surface area contributed by atoms with Gasteiger partial charge in [-0.2, -0.15) is 5.10 Å². The molecule has 0 fully saturated rings. The summed E-state index contributed by atoms with van der Waals surface area (Å²) in [5.41, 5.74) is 3.19. The average molecular weight is 336 g/mol. The van der Waals surface area contributed by atoms with E-state index >= 15 is 0 Å². The molecule has 3 N–H and O–H groups in total. The van der Waals surface area contributed by atoms with Crippen molar-refractivity contribution >= 4 is 34.0 Å². The summed E-state index contributed by atoms with van der Waals surface area (Å²) < 4.78 is 0.753. The third-order valence-electron chi connectivity index (χ3n) is 2.45. The number of rotatable bonds is 4. The fourth-order valence-electron chi connectivity index (χ4n) is 1.52. The van der Waals surface area contributed by atoms with E-state index in [1.54, 1.807) is 30.5 Å². The fourth-order valence-corrected chi connectivity index (χ4v) is 1.87. The Morgan fingerprint density at radius 1 is 1.35 bits per heavy atom. The summed E-state index contributed by atoms with van der Waals surface area (Å²) in [5, 5.41) is 12.7. The molecule has 6 nitrogen and oxygen atoms in total. The minimum atomic E-state index is -1.05. The highest BCUT2D eigenvalue weighted by Crippen LogP contribution is 2.10. The molecule has 20 heavy (non-hydrogen) atoms. The van der Waals surface area contributed by atoms with Gasteiger partial charge in [0.15, 0.2) is 0 Å². The molecular weight excluding hydrogens is 326 g/mol. The number of carbonyl (C=O) groups is 2. The van der Waals surface area contributed by atoms with E-state index in [1.165, 1.54) is 12.3 Å². The molecule has 1 aromatic carbocycles. The van der Waals surface area contributed by atoms with E-state index in [4.69, 9.17) is 5.11 Å². The van der Waals surface area contributed by atoms with Gasteiger partial charge in [-0.15, -0.1) is 0 Å². The van der Waals surface area contributed by atoms with Crippen molar-refractivity contribution in [2.24, 2.45) is 5.10 Å². The highest BCUT2D eigenvalue weighted by atomic mass is 79.9. The molecule has 0 aliphatic carbocycles. The summed E-state index contributed by atoms with van der Waals surface area (Å²) in [6.45, 7) is 0. The largest absolute Gasteiger partial charge is 0.478 e. The monoisotopic (exact) mass is 335 g/mol. The van der Waals surface area contributed by atoms with E-state index in [9.17, 15) is 9.59 Å². The molecule has 0 spiro atoms. The lowest BCUT2D eigenvalue weighted by molar-refractivity contribution is 0.0696. The number of halogens is 1. The summed E-state index contributed by atoms with van der Waals surface area (Å²) in [7, 11) is 0. The minimum Gasteiger partial charge on any atom is -0.478 e. The Balaban J connectivity index is 2.07. The zero-order valence-electron chi connectivity index (χ0n) is 10.1. The topological polar surface area (TPSA) is 94.6 Å². The van der Waals surface area contributed by atoms with Crippen LogP contribution in [0.15, 0.2) is 46.1 Å². The predicted octanol–water partition coefficient (Wildman–Crippen LogP) is 2.24. The van der Waals surface area contributed by atoms with Crippen LogP contribution in [-0.4, -0.2) is 28.2 Å². The smallest absolute Gasteiger partial charge is 0.336 e. The Kier molecular flexibility index (Phi) is 4.31. The Morgan fingerprint density at radius 2 is 2.10 bits per heavy atom. The molecule has 0 bridgehead atoms. The highest BCUT2D eigenvalue weighted by molar-refractivity contribution is 9.10. The Hall–Kier alpha value is -2.41. The van der Waals surface area contributed by atoms with Crippen molar-refractivity contribution in [3.8, 4) is 0 Å². The number of benzene rings is 1. The van der Waals surface area contributed by atoms with Gasteiger partial charge in [0.25, 0.3) is 5.91 Å². The molecule has 1 aromatic heterocycles. The second-order valence-corrected chi connectivity index (χ2v) is 4.74. The zero-order chi connectivity index (χ0) is 14.5. The molecule has 1 heterocycles. The van der Waals surface area contributed by atoms with Gasteiger partial charge in [0.2, 0.25) is 0 Å². The first-order chi connectivity index (χ1) is 9.58. The SMILES string of the molecule is O=C(N/N=C/c1ccccc1C(=O)O)c1cc(Br)c[nH]1. The molecule has 102 valence electrons. The van der Waals surface area contributed by atoms with Gasteiger partial charge in [-0.25, -0.2) is 10.2 Å². The van der Waals surface area contributed by atoms with Crippen LogP contribution < -0.4 is 5.43 Å². The molecule has 7 heteroatoms. The molecule has 0 radical (unpaired) electrons. The first-order valence-electron chi connectivity index (χ1n) is 5.57. The lowest BCUT2D eigenvalue weighted by Gasteiger charge is -2.00. The molecule has 0 atom stereocenters. The molecule has 0 aliphatic heterocycles. The number of hydrogen-bond donors (Lipinski definition) is 3. The van der Waals surface area contributed by atoms with Crippen LogP contribution in [0.25, 0.3) is 0 Å². The first kappa shape index (κ1) is 14.0. The number of amides is 1. The Labute approximate surface area is 122 Å². The van der Waals surface area contributed by atoms with Crippen LogP contribution in [0.2, 0.25) is 0 Å². The maximum absolute atomic E-state index is 11.7. The van der Waals surface area contributed by atoms with Crippen molar-refractivity contribution < 1.29 is 14.7 Å². The van der Waals surface area contributed by atoms with Crippen molar-refractivity contribution in [1.82, 2.24) is 10.4 Å². The maximum atomic E-state index is 11.7. The first-order valence-corrected chi connectivity index (χ1v) is 6.37. The summed E-state index contributed by atoms with van der Waals surface area (Å²) in [6.07, 6.45) is 2.91. The van der Waals surface area contributed by atoms with Crippen molar-refractivity contribution in [3.63, 3.8) is 0 Å². The van der Waals surface area contributed by atoms with E-state index in [0.29, 0.717) is 11.3 Å². The van der Waals surface area contributed by atoms with Gasteiger partial charge < -0.3 is 10.1 Å². The maximum Gasteiger partial charge on any atom is 0.336 e. The van der Waals surface area contributed by atoms with Gasteiger partial charge >= 0.3 is 5.97 Å². The van der Waals surface area contributed by atoms with Crippen LogP contribution in [-0.2, 0) is 0 Å². The van der Waals surface area contributed by atoms with Crippen LogP contribution >= 0.6 is 15.9 Å². The fraction of sp³-hybridized carbons (Fsp3) is 0. The van der Waals surface area contributed by atoms with Crippen LogP contribution in [0.4, 0.5) is 0 Å². The van der Waals surface area contributed by atoms with Gasteiger partial charge in [-0.1, -0.05) is 18.2 Å². The Bertz CT molecular complexity index is 679. The zero-order valence-corrected chi connectivity index (χ0v) is 11.7. The summed E-state index contributed by atoms with van der Waals surface area (Å²) in [6, 6.07) is 7.99. The second-order valence-electron chi connectivity index (χ2n) is 3.82. The number of aromatic carboxylic acids is 1. The van der Waals surface area contributed by atoms with Gasteiger partial charge in [0, 0.05) is 16.2 Å². The van der Waals surface area contributed by atoms with Gasteiger partial charge in [0.1, 0.15) is 5.69 Å². The van der Waals surface area contributed by atoms with E-state index < -0.39 is 11.9 Å². The van der Waals surface area contributed by atoms with Crippen molar-refractivity contribution in [2.75, 3.05) is 0 Å². The lowest BCUT2D eigenvalue weighted by atomic mass is 10.1. The number of H-pyrrole nitrogens is 1. The number of hydrazone groups is 1. The van der Waals surface area contributed by atoms with Crippen molar-refractivity contribution in [2.45, 2.75) is 0 Å². The van der Waals surface area contributed by atoms with Crippen molar-refractivity contribution in [1.29, 1.82) is 0 Å². The Morgan fingerprint density at radius 3 is 2.75 bits per heavy atom.